The molecule has 1 heterocycles. The predicted molar refractivity (Wildman–Crippen MR) is 95.2 cm³/mol. The first-order valence-electron chi connectivity index (χ1n) is 8.11. The second-order valence-corrected chi connectivity index (χ2v) is 6.85. The number of amides is 1. The van der Waals surface area contributed by atoms with Crippen molar-refractivity contribution in [3.8, 4) is 10.4 Å². The van der Waals surface area contributed by atoms with E-state index in [-0.39, 0.29) is 17.3 Å². The molecule has 0 spiro atoms. The zero-order valence-electron chi connectivity index (χ0n) is 14.4. The normalized spacial score (nSPS) is 12.1. The van der Waals surface area contributed by atoms with Gasteiger partial charge < -0.3 is 5.32 Å². The van der Waals surface area contributed by atoms with Crippen molar-refractivity contribution in [2.45, 2.75) is 18.9 Å². The number of carbonyl (C=O) groups is 1. The van der Waals surface area contributed by atoms with Gasteiger partial charge in [-0.2, -0.15) is 26.3 Å². The third-order valence-electron chi connectivity index (χ3n) is 3.92. The smallest absolute Gasteiger partial charge is 0.347 e. The largest absolute Gasteiger partial charge is 0.416 e. The summed E-state index contributed by atoms with van der Waals surface area (Å²) in [7, 11) is 0. The highest BCUT2D eigenvalue weighted by atomic mass is 32.1. The number of aromatic nitrogens is 1. The van der Waals surface area contributed by atoms with E-state index in [0.717, 1.165) is 5.56 Å². The molecule has 0 bridgehead atoms. The molecule has 0 aliphatic carbocycles. The molecule has 0 aliphatic heterocycles. The van der Waals surface area contributed by atoms with Crippen LogP contribution in [0.3, 0.4) is 0 Å². The topological polar surface area (TPSA) is 42.0 Å². The number of rotatable bonds is 4. The van der Waals surface area contributed by atoms with Gasteiger partial charge in [0.15, 0.2) is 0 Å². The van der Waals surface area contributed by atoms with Crippen LogP contribution < -0.4 is 5.32 Å². The summed E-state index contributed by atoms with van der Waals surface area (Å²) in [6.07, 6.45) is -9.90. The minimum absolute atomic E-state index is 0.0409. The second-order valence-electron chi connectivity index (χ2n) is 5.99. The molecule has 29 heavy (non-hydrogen) atoms. The number of hydrogen-bond donors (Lipinski definition) is 1. The summed E-state index contributed by atoms with van der Waals surface area (Å²) in [6.45, 7) is -0.516. The highest BCUT2D eigenvalue weighted by molar-refractivity contribution is 7.13. The van der Waals surface area contributed by atoms with E-state index in [1.54, 1.807) is 30.3 Å². The molecule has 3 nitrogen and oxygen atoms in total. The Hall–Kier alpha value is -2.88. The average molecular weight is 430 g/mol. The molecule has 0 unspecified atom stereocenters. The highest BCUT2D eigenvalue weighted by Gasteiger charge is 2.36. The van der Waals surface area contributed by atoms with Crippen molar-refractivity contribution in [2.75, 3.05) is 0 Å². The molecule has 152 valence electrons. The van der Waals surface area contributed by atoms with E-state index in [1.165, 1.54) is 16.8 Å². The molecule has 0 radical (unpaired) electrons. The molecule has 2 aromatic carbocycles. The standard InChI is InChI=1S/C19H12F6N2OS/c20-18(21,22)13-6-11(7-14(8-13)19(23,24)25)9-26-17(28)15-16(29-10-27-15)12-4-2-1-3-5-12/h1-8,10H,9H2,(H,26,28). The summed E-state index contributed by atoms with van der Waals surface area (Å²) < 4.78 is 77.6. The Morgan fingerprint density at radius 1 is 0.931 bits per heavy atom. The molecule has 1 N–H and O–H groups in total. The van der Waals surface area contributed by atoms with Crippen LogP contribution in [0.5, 0.6) is 0 Å². The van der Waals surface area contributed by atoms with Gasteiger partial charge in [-0.25, -0.2) is 4.98 Å². The molecule has 3 aromatic rings. The highest BCUT2D eigenvalue weighted by Crippen LogP contribution is 2.36. The fourth-order valence-corrected chi connectivity index (χ4v) is 3.38. The van der Waals surface area contributed by atoms with Gasteiger partial charge in [0.1, 0.15) is 5.69 Å². The lowest BCUT2D eigenvalue weighted by atomic mass is 10.0. The number of hydrogen-bond acceptors (Lipinski definition) is 3. The molecular weight excluding hydrogens is 418 g/mol. The van der Waals surface area contributed by atoms with Gasteiger partial charge in [-0.15, -0.1) is 11.3 Å². The maximum absolute atomic E-state index is 12.9. The van der Waals surface area contributed by atoms with Crippen LogP contribution in [-0.2, 0) is 18.9 Å². The van der Waals surface area contributed by atoms with Gasteiger partial charge in [0, 0.05) is 6.54 Å². The first-order valence-corrected chi connectivity index (χ1v) is 8.99. The fraction of sp³-hybridized carbons (Fsp3) is 0.158. The van der Waals surface area contributed by atoms with Crippen molar-refractivity contribution in [3.63, 3.8) is 0 Å². The summed E-state index contributed by atoms with van der Waals surface area (Å²) in [6, 6.07) is 10.0. The summed E-state index contributed by atoms with van der Waals surface area (Å²) in [5, 5.41) is 2.34. The molecule has 1 amide bonds. The molecule has 0 aliphatic rings. The van der Waals surface area contributed by atoms with E-state index in [2.05, 4.69) is 10.3 Å². The lowest BCUT2D eigenvalue weighted by Crippen LogP contribution is -2.24. The Morgan fingerprint density at radius 2 is 1.52 bits per heavy atom. The number of carbonyl (C=O) groups excluding carboxylic acids is 1. The van der Waals surface area contributed by atoms with Crippen LogP contribution >= 0.6 is 11.3 Å². The summed E-state index contributed by atoms with van der Waals surface area (Å²) in [5.74, 6) is -0.698. The minimum Gasteiger partial charge on any atom is -0.347 e. The van der Waals surface area contributed by atoms with Crippen molar-refractivity contribution < 1.29 is 31.1 Å². The van der Waals surface area contributed by atoms with Crippen molar-refractivity contribution >= 4 is 17.2 Å². The van der Waals surface area contributed by atoms with Crippen LogP contribution in [0.25, 0.3) is 10.4 Å². The van der Waals surface area contributed by atoms with Crippen LogP contribution in [0.1, 0.15) is 27.2 Å². The van der Waals surface area contributed by atoms with Crippen molar-refractivity contribution in [3.05, 3.63) is 76.4 Å². The molecule has 10 heteroatoms. The Kier molecular flexibility index (Phi) is 5.65. The van der Waals surface area contributed by atoms with Gasteiger partial charge in [0.2, 0.25) is 0 Å². The Balaban J connectivity index is 1.84. The van der Waals surface area contributed by atoms with Gasteiger partial charge in [0.05, 0.1) is 21.5 Å². The van der Waals surface area contributed by atoms with E-state index in [9.17, 15) is 31.1 Å². The minimum atomic E-state index is -4.95. The van der Waals surface area contributed by atoms with Crippen LogP contribution in [0, 0.1) is 0 Å². The van der Waals surface area contributed by atoms with Crippen molar-refractivity contribution in [1.82, 2.24) is 10.3 Å². The lowest BCUT2D eigenvalue weighted by Gasteiger charge is -2.14. The lowest BCUT2D eigenvalue weighted by molar-refractivity contribution is -0.143. The molecule has 0 saturated carbocycles. The summed E-state index contributed by atoms with van der Waals surface area (Å²) in [4.78, 5) is 16.9. The summed E-state index contributed by atoms with van der Waals surface area (Å²) >= 11 is 1.19. The van der Waals surface area contributed by atoms with Crippen molar-refractivity contribution in [1.29, 1.82) is 0 Å². The quantitative estimate of drug-likeness (QED) is 0.534. The summed E-state index contributed by atoms with van der Waals surface area (Å²) in [5.41, 5.74) is -0.992. The zero-order chi connectivity index (χ0) is 21.2. The molecule has 3 rings (SSSR count). The van der Waals surface area contributed by atoms with Gasteiger partial charge in [-0.1, -0.05) is 30.3 Å². The van der Waals surface area contributed by atoms with E-state index >= 15 is 0 Å². The number of alkyl halides is 6. The zero-order valence-corrected chi connectivity index (χ0v) is 15.3. The van der Waals surface area contributed by atoms with Crippen LogP contribution in [0.4, 0.5) is 26.3 Å². The van der Waals surface area contributed by atoms with Crippen LogP contribution in [0.15, 0.2) is 54.0 Å². The van der Waals surface area contributed by atoms with Gasteiger partial charge in [-0.05, 0) is 29.3 Å². The molecular formula is C19H12F6N2OS. The molecule has 0 fully saturated rings. The van der Waals surface area contributed by atoms with E-state index < -0.39 is 35.9 Å². The third kappa shape index (κ3) is 4.94. The van der Waals surface area contributed by atoms with E-state index in [1.807, 2.05) is 0 Å². The van der Waals surface area contributed by atoms with Gasteiger partial charge >= 0.3 is 12.4 Å². The molecule has 1 aromatic heterocycles. The SMILES string of the molecule is O=C(NCc1cc(C(F)(F)F)cc(C(F)(F)F)c1)c1ncsc1-c1ccccc1. The maximum Gasteiger partial charge on any atom is 0.416 e. The van der Waals surface area contributed by atoms with E-state index in [4.69, 9.17) is 0 Å². The number of nitrogens with one attached hydrogen (secondary N) is 1. The number of thiazole rings is 1. The van der Waals surface area contributed by atoms with Crippen LogP contribution in [0.2, 0.25) is 0 Å². The van der Waals surface area contributed by atoms with Gasteiger partial charge in [-0.3, -0.25) is 4.79 Å². The first kappa shape index (κ1) is 20.8. The fourth-order valence-electron chi connectivity index (χ4n) is 2.59. The van der Waals surface area contributed by atoms with Gasteiger partial charge in [0.25, 0.3) is 5.91 Å². The Morgan fingerprint density at radius 3 is 2.07 bits per heavy atom. The predicted octanol–water partition coefficient (Wildman–Crippen LogP) is 5.78. The second kappa shape index (κ2) is 7.86. The number of halogens is 6. The number of benzene rings is 2. The molecule has 0 atom stereocenters. The Labute approximate surface area is 165 Å². The average Bonchev–Trinajstić information content (AvgIpc) is 3.15. The third-order valence-corrected chi connectivity index (χ3v) is 4.79. The van der Waals surface area contributed by atoms with Crippen LogP contribution in [-0.4, -0.2) is 10.9 Å². The maximum atomic E-state index is 12.9. The van der Waals surface area contributed by atoms with E-state index in [0.29, 0.717) is 17.0 Å². The Bertz CT molecular complexity index is 979. The first-order chi connectivity index (χ1) is 13.6. The molecule has 0 saturated heterocycles. The number of nitrogens with zero attached hydrogens (tertiary/aromatic N) is 1. The monoisotopic (exact) mass is 430 g/mol. The van der Waals surface area contributed by atoms with Crippen molar-refractivity contribution in [2.24, 2.45) is 0 Å².